The van der Waals surface area contributed by atoms with Crippen molar-refractivity contribution in [3.63, 3.8) is 0 Å². The summed E-state index contributed by atoms with van der Waals surface area (Å²) < 4.78 is 0. The lowest BCUT2D eigenvalue weighted by molar-refractivity contribution is 0.331. The Labute approximate surface area is 155 Å². The third-order valence-electron chi connectivity index (χ3n) is 5.43. The van der Waals surface area contributed by atoms with Gasteiger partial charge in [-0.2, -0.15) is 0 Å². The second kappa shape index (κ2) is 7.46. The van der Waals surface area contributed by atoms with Gasteiger partial charge in [0.2, 0.25) is 0 Å². The van der Waals surface area contributed by atoms with Crippen molar-refractivity contribution in [3.8, 4) is 11.1 Å². The Kier molecular flexibility index (Phi) is 5.09. The molecule has 25 heavy (non-hydrogen) atoms. The number of benzene rings is 2. The van der Waals surface area contributed by atoms with Gasteiger partial charge in [-0.1, -0.05) is 48.0 Å². The number of nitrogens with zero attached hydrogens (tertiary/aromatic N) is 1. The predicted octanol–water partition coefficient (Wildman–Crippen LogP) is 3.49. The summed E-state index contributed by atoms with van der Waals surface area (Å²) in [5.41, 5.74) is 9.79. The largest absolute Gasteiger partial charge is 0.326 e. The van der Waals surface area contributed by atoms with Crippen molar-refractivity contribution >= 4 is 11.6 Å². The smallest absolute Gasteiger partial charge is 0.0412 e. The van der Waals surface area contributed by atoms with Crippen LogP contribution < -0.4 is 11.1 Å². The summed E-state index contributed by atoms with van der Waals surface area (Å²) in [5.74, 6) is 0.661. The van der Waals surface area contributed by atoms with Crippen LogP contribution >= 0.6 is 11.6 Å². The molecular formula is C21H26ClN3. The summed E-state index contributed by atoms with van der Waals surface area (Å²) in [7, 11) is 0. The first-order valence-corrected chi connectivity index (χ1v) is 9.64. The summed E-state index contributed by atoms with van der Waals surface area (Å²) in [6, 6.07) is 18.0. The van der Waals surface area contributed by atoms with E-state index in [1.807, 2.05) is 18.2 Å². The minimum absolute atomic E-state index is 0.381. The molecule has 1 saturated carbocycles. The Balaban J connectivity index is 1.27. The van der Waals surface area contributed by atoms with Crippen LogP contribution in [0.3, 0.4) is 0 Å². The van der Waals surface area contributed by atoms with Gasteiger partial charge in [0.05, 0.1) is 0 Å². The van der Waals surface area contributed by atoms with Crippen LogP contribution in [0.1, 0.15) is 24.3 Å². The minimum atomic E-state index is 0.381. The standard InChI is InChI=1S/C21H26ClN3/c22-18-3-1-2-17(12-18)15-4-6-16(7-5-15)20-13-21(20)24-9-11-25-10-8-19(23)14-25/h1-7,12,19-21,24H,8-11,13-14,23H2/t19-,20+,21-/m1/s1. The van der Waals surface area contributed by atoms with Crippen LogP contribution in [0.4, 0.5) is 0 Å². The zero-order valence-electron chi connectivity index (χ0n) is 14.5. The fourth-order valence-corrected chi connectivity index (χ4v) is 4.04. The molecule has 0 radical (unpaired) electrons. The lowest BCUT2D eigenvalue weighted by atomic mass is 10.0. The Hall–Kier alpha value is -1.39. The van der Waals surface area contributed by atoms with Gasteiger partial charge < -0.3 is 16.0 Å². The summed E-state index contributed by atoms with van der Waals surface area (Å²) >= 11 is 6.09. The van der Waals surface area contributed by atoms with E-state index < -0.39 is 0 Å². The van der Waals surface area contributed by atoms with Crippen molar-refractivity contribution in [1.82, 2.24) is 10.2 Å². The monoisotopic (exact) mass is 355 g/mol. The van der Waals surface area contributed by atoms with Gasteiger partial charge in [-0.25, -0.2) is 0 Å². The van der Waals surface area contributed by atoms with Crippen LogP contribution in [-0.2, 0) is 0 Å². The summed E-state index contributed by atoms with van der Waals surface area (Å²) in [6.07, 6.45) is 2.39. The van der Waals surface area contributed by atoms with Gasteiger partial charge in [0.15, 0.2) is 0 Å². The molecule has 2 aliphatic rings. The lowest BCUT2D eigenvalue weighted by Gasteiger charge is -2.15. The van der Waals surface area contributed by atoms with Gasteiger partial charge in [-0.3, -0.25) is 0 Å². The van der Waals surface area contributed by atoms with Crippen molar-refractivity contribution in [1.29, 1.82) is 0 Å². The zero-order valence-corrected chi connectivity index (χ0v) is 15.3. The van der Waals surface area contributed by atoms with E-state index in [4.69, 9.17) is 17.3 Å². The number of hydrogen-bond donors (Lipinski definition) is 2. The van der Waals surface area contributed by atoms with Crippen molar-refractivity contribution in [2.24, 2.45) is 5.73 Å². The van der Waals surface area contributed by atoms with Crippen molar-refractivity contribution < 1.29 is 0 Å². The molecule has 1 heterocycles. The van der Waals surface area contributed by atoms with Gasteiger partial charge in [-0.15, -0.1) is 0 Å². The highest BCUT2D eigenvalue weighted by molar-refractivity contribution is 6.30. The van der Waals surface area contributed by atoms with Crippen LogP contribution in [0, 0.1) is 0 Å². The van der Waals surface area contributed by atoms with E-state index in [-0.39, 0.29) is 0 Å². The average Bonchev–Trinajstić information content (AvgIpc) is 3.27. The third-order valence-corrected chi connectivity index (χ3v) is 5.67. The molecule has 132 valence electrons. The topological polar surface area (TPSA) is 41.3 Å². The summed E-state index contributed by atoms with van der Waals surface area (Å²) in [6.45, 7) is 4.39. The fourth-order valence-electron chi connectivity index (χ4n) is 3.85. The number of likely N-dealkylation sites (tertiary alicyclic amines) is 1. The number of rotatable bonds is 6. The number of halogens is 1. The molecule has 4 rings (SSSR count). The van der Waals surface area contributed by atoms with Gasteiger partial charge in [0.1, 0.15) is 0 Å². The first kappa shape index (κ1) is 17.0. The molecule has 0 unspecified atom stereocenters. The maximum absolute atomic E-state index is 6.09. The SMILES string of the molecule is N[C@@H]1CCN(CCN[C@@H]2C[C@H]2c2ccc(-c3cccc(Cl)c3)cc2)C1. The van der Waals surface area contributed by atoms with Gasteiger partial charge in [-0.05, 0) is 48.2 Å². The second-order valence-electron chi connectivity index (χ2n) is 7.38. The van der Waals surface area contributed by atoms with E-state index in [0.717, 1.165) is 37.6 Å². The van der Waals surface area contributed by atoms with Crippen LogP contribution in [0.25, 0.3) is 11.1 Å². The third kappa shape index (κ3) is 4.24. The number of nitrogens with one attached hydrogen (secondary N) is 1. The van der Waals surface area contributed by atoms with Crippen molar-refractivity contribution in [2.75, 3.05) is 26.2 Å². The Morgan fingerprint density at radius 3 is 2.68 bits per heavy atom. The van der Waals surface area contributed by atoms with Gasteiger partial charge in [0, 0.05) is 42.7 Å². The first-order chi connectivity index (χ1) is 12.2. The zero-order chi connectivity index (χ0) is 17.2. The maximum Gasteiger partial charge on any atom is 0.0412 e. The maximum atomic E-state index is 6.09. The first-order valence-electron chi connectivity index (χ1n) is 9.26. The van der Waals surface area contributed by atoms with Crippen molar-refractivity contribution in [2.45, 2.75) is 30.8 Å². The second-order valence-corrected chi connectivity index (χ2v) is 7.82. The molecule has 4 heteroatoms. The molecule has 2 aromatic carbocycles. The lowest BCUT2D eigenvalue weighted by Crippen LogP contribution is -2.33. The number of nitrogens with two attached hydrogens (primary N) is 1. The average molecular weight is 356 g/mol. The van der Waals surface area contributed by atoms with E-state index in [1.165, 1.54) is 23.1 Å². The Bertz CT molecular complexity index is 715. The molecule has 2 aromatic rings. The Morgan fingerprint density at radius 1 is 1.12 bits per heavy atom. The van der Waals surface area contributed by atoms with E-state index >= 15 is 0 Å². The molecule has 1 aliphatic heterocycles. The molecule has 3 nitrogen and oxygen atoms in total. The van der Waals surface area contributed by atoms with E-state index in [0.29, 0.717) is 18.0 Å². The normalized spacial score (nSPS) is 26.1. The molecule has 0 amide bonds. The molecule has 0 spiro atoms. The van der Waals surface area contributed by atoms with Crippen LogP contribution in [-0.4, -0.2) is 43.2 Å². The predicted molar refractivity (Wildman–Crippen MR) is 105 cm³/mol. The summed E-state index contributed by atoms with van der Waals surface area (Å²) in [5, 5.41) is 4.48. The van der Waals surface area contributed by atoms with Crippen LogP contribution in [0.15, 0.2) is 48.5 Å². The highest BCUT2D eigenvalue weighted by Crippen LogP contribution is 2.41. The molecule has 0 bridgehead atoms. The molecule has 0 aromatic heterocycles. The molecule has 3 atom stereocenters. The quantitative estimate of drug-likeness (QED) is 0.833. The highest BCUT2D eigenvalue weighted by Gasteiger charge is 2.37. The Morgan fingerprint density at radius 2 is 1.96 bits per heavy atom. The van der Waals surface area contributed by atoms with Crippen molar-refractivity contribution in [3.05, 3.63) is 59.1 Å². The van der Waals surface area contributed by atoms with E-state index in [9.17, 15) is 0 Å². The molecule has 1 aliphatic carbocycles. The van der Waals surface area contributed by atoms with Crippen LogP contribution in [0.2, 0.25) is 5.02 Å². The van der Waals surface area contributed by atoms with E-state index in [2.05, 4.69) is 40.5 Å². The van der Waals surface area contributed by atoms with Crippen LogP contribution in [0.5, 0.6) is 0 Å². The highest BCUT2D eigenvalue weighted by atomic mass is 35.5. The van der Waals surface area contributed by atoms with E-state index in [1.54, 1.807) is 0 Å². The molecule has 1 saturated heterocycles. The molecule has 3 N–H and O–H groups in total. The minimum Gasteiger partial charge on any atom is -0.326 e. The van der Waals surface area contributed by atoms with Gasteiger partial charge in [0.25, 0.3) is 0 Å². The summed E-state index contributed by atoms with van der Waals surface area (Å²) in [4.78, 5) is 2.47. The van der Waals surface area contributed by atoms with Gasteiger partial charge >= 0.3 is 0 Å². The molecular weight excluding hydrogens is 330 g/mol. The molecule has 2 fully saturated rings. The number of hydrogen-bond acceptors (Lipinski definition) is 3. The fraction of sp³-hybridized carbons (Fsp3) is 0.429.